The number of amides is 2. The standard InChI is InChI=1S/C24H30N2O2S/c1-17(2)14-23(27)26-16-20-7-5-4-6-19(20)15-22(26)24(28)25-12-13-29-21-10-8-18(3)9-11-21/h4-11,17,22H,12-16H2,1-3H3,(H,25,28). The quantitative estimate of drug-likeness (QED) is 0.550. The number of rotatable bonds is 7. The Morgan fingerprint density at radius 2 is 1.79 bits per heavy atom. The molecule has 1 heterocycles. The summed E-state index contributed by atoms with van der Waals surface area (Å²) in [5.74, 6) is 1.08. The molecule has 0 radical (unpaired) electrons. The highest BCUT2D eigenvalue weighted by atomic mass is 32.2. The first-order chi connectivity index (χ1) is 13.9. The Morgan fingerprint density at radius 3 is 2.48 bits per heavy atom. The van der Waals surface area contributed by atoms with Crippen molar-refractivity contribution in [3.8, 4) is 0 Å². The number of benzene rings is 2. The zero-order valence-corrected chi connectivity index (χ0v) is 18.3. The lowest BCUT2D eigenvalue weighted by Crippen LogP contribution is -2.53. The number of carbonyl (C=O) groups is 2. The van der Waals surface area contributed by atoms with Crippen LogP contribution in [0.2, 0.25) is 0 Å². The van der Waals surface area contributed by atoms with Gasteiger partial charge in [-0.25, -0.2) is 0 Å². The van der Waals surface area contributed by atoms with Gasteiger partial charge in [0.15, 0.2) is 0 Å². The Hall–Kier alpha value is -2.27. The fourth-order valence-electron chi connectivity index (χ4n) is 3.58. The van der Waals surface area contributed by atoms with Gasteiger partial charge in [-0.1, -0.05) is 55.8 Å². The highest BCUT2D eigenvalue weighted by Crippen LogP contribution is 2.25. The molecule has 0 saturated heterocycles. The van der Waals surface area contributed by atoms with Gasteiger partial charge in [0.2, 0.25) is 11.8 Å². The Labute approximate surface area is 178 Å². The number of aryl methyl sites for hydroxylation is 1. The summed E-state index contributed by atoms with van der Waals surface area (Å²) in [5, 5.41) is 3.05. The van der Waals surface area contributed by atoms with Crippen LogP contribution in [-0.4, -0.2) is 35.1 Å². The van der Waals surface area contributed by atoms with Crippen molar-refractivity contribution >= 4 is 23.6 Å². The maximum Gasteiger partial charge on any atom is 0.243 e. The van der Waals surface area contributed by atoms with E-state index in [1.54, 1.807) is 16.7 Å². The maximum atomic E-state index is 13.0. The molecule has 0 aliphatic carbocycles. The average Bonchev–Trinajstić information content (AvgIpc) is 2.71. The molecule has 29 heavy (non-hydrogen) atoms. The number of nitrogens with one attached hydrogen (secondary N) is 1. The highest BCUT2D eigenvalue weighted by molar-refractivity contribution is 7.99. The molecule has 0 fully saturated rings. The maximum absolute atomic E-state index is 13.0. The summed E-state index contributed by atoms with van der Waals surface area (Å²) >= 11 is 1.73. The lowest BCUT2D eigenvalue weighted by atomic mass is 9.92. The Balaban J connectivity index is 1.61. The van der Waals surface area contributed by atoms with E-state index in [2.05, 4.69) is 48.6 Å². The summed E-state index contributed by atoms with van der Waals surface area (Å²) in [6.07, 6.45) is 1.05. The van der Waals surface area contributed by atoms with Crippen LogP contribution >= 0.6 is 11.8 Å². The molecule has 5 heteroatoms. The third kappa shape index (κ3) is 5.86. The molecule has 0 saturated carbocycles. The van der Waals surface area contributed by atoms with Crippen LogP contribution in [0.1, 0.15) is 37.0 Å². The Morgan fingerprint density at radius 1 is 1.10 bits per heavy atom. The first-order valence-corrected chi connectivity index (χ1v) is 11.3. The summed E-state index contributed by atoms with van der Waals surface area (Å²) < 4.78 is 0. The van der Waals surface area contributed by atoms with Crippen molar-refractivity contribution in [1.82, 2.24) is 10.2 Å². The van der Waals surface area contributed by atoms with Gasteiger partial charge in [0.1, 0.15) is 6.04 Å². The van der Waals surface area contributed by atoms with E-state index in [9.17, 15) is 9.59 Å². The van der Waals surface area contributed by atoms with Crippen molar-refractivity contribution in [2.24, 2.45) is 5.92 Å². The van der Waals surface area contributed by atoms with Crippen molar-refractivity contribution < 1.29 is 9.59 Å². The van der Waals surface area contributed by atoms with Crippen molar-refractivity contribution in [2.75, 3.05) is 12.3 Å². The third-order valence-corrected chi connectivity index (χ3v) is 6.16. The Bertz CT molecular complexity index is 848. The molecular formula is C24H30N2O2S. The second kappa shape index (κ2) is 9.97. The molecule has 3 rings (SSSR count). The normalized spacial score (nSPS) is 15.9. The summed E-state index contributed by atoms with van der Waals surface area (Å²) in [5.41, 5.74) is 3.55. The number of hydrogen-bond acceptors (Lipinski definition) is 3. The zero-order chi connectivity index (χ0) is 20.8. The second-order valence-corrected chi connectivity index (χ2v) is 9.23. The first kappa shape index (κ1) is 21.4. The topological polar surface area (TPSA) is 49.4 Å². The zero-order valence-electron chi connectivity index (χ0n) is 17.5. The van der Waals surface area contributed by atoms with E-state index in [4.69, 9.17) is 0 Å². The molecule has 1 unspecified atom stereocenters. The van der Waals surface area contributed by atoms with Crippen molar-refractivity contribution in [1.29, 1.82) is 0 Å². The molecule has 0 aromatic heterocycles. The van der Waals surface area contributed by atoms with E-state index in [0.717, 1.165) is 16.9 Å². The van der Waals surface area contributed by atoms with Crippen molar-refractivity contribution in [2.45, 2.75) is 51.1 Å². The number of carbonyl (C=O) groups excluding carboxylic acids is 2. The monoisotopic (exact) mass is 410 g/mol. The van der Waals surface area contributed by atoms with Crippen LogP contribution < -0.4 is 5.32 Å². The van der Waals surface area contributed by atoms with Crippen LogP contribution in [0, 0.1) is 12.8 Å². The fraction of sp³-hybridized carbons (Fsp3) is 0.417. The van der Waals surface area contributed by atoms with Gasteiger partial charge in [0.25, 0.3) is 0 Å². The molecule has 0 spiro atoms. The molecule has 1 N–H and O–H groups in total. The number of nitrogens with zero attached hydrogens (tertiary/aromatic N) is 1. The van der Waals surface area contributed by atoms with Crippen LogP contribution in [-0.2, 0) is 22.6 Å². The first-order valence-electron chi connectivity index (χ1n) is 10.3. The smallest absolute Gasteiger partial charge is 0.243 e. The lowest BCUT2D eigenvalue weighted by Gasteiger charge is -2.36. The summed E-state index contributed by atoms with van der Waals surface area (Å²) in [7, 11) is 0. The number of hydrogen-bond donors (Lipinski definition) is 1. The Kier molecular flexibility index (Phi) is 7.37. The van der Waals surface area contributed by atoms with E-state index < -0.39 is 6.04 Å². The summed E-state index contributed by atoms with van der Waals surface area (Å²) in [4.78, 5) is 28.7. The van der Waals surface area contributed by atoms with Crippen molar-refractivity contribution in [3.63, 3.8) is 0 Å². The largest absolute Gasteiger partial charge is 0.353 e. The predicted molar refractivity (Wildman–Crippen MR) is 119 cm³/mol. The highest BCUT2D eigenvalue weighted by Gasteiger charge is 2.34. The van der Waals surface area contributed by atoms with E-state index in [0.29, 0.717) is 25.9 Å². The summed E-state index contributed by atoms with van der Waals surface area (Å²) in [6, 6.07) is 16.1. The number of fused-ring (bicyclic) bond motifs is 1. The molecule has 2 aromatic rings. The predicted octanol–water partition coefficient (Wildman–Crippen LogP) is 4.20. The van der Waals surface area contributed by atoms with Gasteiger partial charge >= 0.3 is 0 Å². The minimum absolute atomic E-state index is 0.0545. The molecule has 1 atom stereocenters. The fourth-order valence-corrected chi connectivity index (χ4v) is 4.35. The van der Waals surface area contributed by atoms with Gasteiger partial charge in [0, 0.05) is 36.6 Å². The molecule has 154 valence electrons. The average molecular weight is 411 g/mol. The lowest BCUT2D eigenvalue weighted by molar-refractivity contribution is -0.142. The molecule has 2 amide bonds. The SMILES string of the molecule is Cc1ccc(SCCNC(=O)C2Cc3ccccc3CN2C(=O)CC(C)C)cc1. The minimum atomic E-state index is -0.430. The molecule has 1 aliphatic heterocycles. The van der Waals surface area contributed by atoms with Gasteiger partial charge in [-0.2, -0.15) is 0 Å². The number of thioether (sulfide) groups is 1. The van der Waals surface area contributed by atoms with Gasteiger partial charge in [-0.3, -0.25) is 9.59 Å². The van der Waals surface area contributed by atoms with Crippen LogP contribution in [0.5, 0.6) is 0 Å². The molecule has 1 aliphatic rings. The van der Waals surface area contributed by atoms with Crippen LogP contribution in [0.4, 0.5) is 0 Å². The minimum Gasteiger partial charge on any atom is -0.353 e. The van der Waals surface area contributed by atoms with Gasteiger partial charge < -0.3 is 10.2 Å². The van der Waals surface area contributed by atoms with E-state index in [1.807, 2.05) is 26.0 Å². The molecule has 0 bridgehead atoms. The molecular weight excluding hydrogens is 380 g/mol. The molecule has 4 nitrogen and oxygen atoms in total. The van der Waals surface area contributed by atoms with Gasteiger partial charge in [0.05, 0.1) is 0 Å². The van der Waals surface area contributed by atoms with E-state index in [1.165, 1.54) is 10.5 Å². The van der Waals surface area contributed by atoms with E-state index in [-0.39, 0.29) is 17.7 Å². The summed E-state index contributed by atoms with van der Waals surface area (Å²) in [6.45, 7) is 7.24. The van der Waals surface area contributed by atoms with Gasteiger partial charge in [-0.05, 0) is 36.1 Å². The molecule has 2 aromatic carbocycles. The van der Waals surface area contributed by atoms with Crippen LogP contribution in [0.3, 0.4) is 0 Å². The van der Waals surface area contributed by atoms with Crippen molar-refractivity contribution in [3.05, 3.63) is 65.2 Å². The third-order valence-electron chi connectivity index (χ3n) is 5.15. The van der Waals surface area contributed by atoms with Crippen LogP contribution in [0.25, 0.3) is 0 Å². The second-order valence-electron chi connectivity index (χ2n) is 8.06. The van der Waals surface area contributed by atoms with Crippen LogP contribution in [0.15, 0.2) is 53.4 Å². The van der Waals surface area contributed by atoms with Gasteiger partial charge in [-0.15, -0.1) is 11.8 Å². The van der Waals surface area contributed by atoms with E-state index >= 15 is 0 Å².